The maximum Gasteiger partial charge on any atom is 0.411 e. The number of ketones is 1. The summed E-state index contributed by atoms with van der Waals surface area (Å²) in [5.41, 5.74) is 1.27. The number of benzene rings is 1. The second kappa shape index (κ2) is 7.19. The SMILES string of the molecule is COC(=O)Nc1ccc(C(=O)CN2CCN(C)CC2)cc1. The largest absolute Gasteiger partial charge is 0.453 e. The Morgan fingerprint density at radius 1 is 1.14 bits per heavy atom. The smallest absolute Gasteiger partial charge is 0.411 e. The first kappa shape index (κ1) is 15.5. The predicted octanol–water partition coefficient (Wildman–Crippen LogP) is 1.29. The van der Waals surface area contributed by atoms with Crippen LogP contribution in [0.3, 0.4) is 0 Å². The van der Waals surface area contributed by atoms with Crippen LogP contribution in [0.2, 0.25) is 0 Å². The molecular weight excluding hydrogens is 270 g/mol. The standard InChI is InChI=1S/C15H21N3O3/c1-17-7-9-18(10-8-17)11-14(19)12-3-5-13(6-4-12)16-15(20)21-2/h3-6H,7-11H2,1-2H3,(H,16,20). The maximum absolute atomic E-state index is 12.2. The molecule has 1 saturated heterocycles. The topological polar surface area (TPSA) is 61.9 Å². The number of nitrogens with zero attached hydrogens (tertiary/aromatic N) is 2. The Morgan fingerprint density at radius 3 is 2.33 bits per heavy atom. The zero-order valence-electron chi connectivity index (χ0n) is 12.5. The molecule has 0 unspecified atom stereocenters. The fourth-order valence-corrected chi connectivity index (χ4v) is 2.21. The van der Waals surface area contributed by atoms with Crippen LogP contribution in [0.4, 0.5) is 10.5 Å². The fraction of sp³-hybridized carbons (Fsp3) is 0.467. The Balaban J connectivity index is 1.89. The van der Waals surface area contributed by atoms with Crippen molar-refractivity contribution >= 4 is 17.6 Å². The van der Waals surface area contributed by atoms with Gasteiger partial charge in [0, 0.05) is 37.4 Å². The summed E-state index contributed by atoms with van der Waals surface area (Å²) >= 11 is 0. The third kappa shape index (κ3) is 4.54. The summed E-state index contributed by atoms with van der Waals surface area (Å²) in [6.07, 6.45) is -0.522. The lowest BCUT2D eigenvalue weighted by atomic mass is 10.1. The molecule has 0 atom stereocenters. The predicted molar refractivity (Wildman–Crippen MR) is 80.7 cm³/mol. The Hall–Kier alpha value is -1.92. The molecule has 6 heteroatoms. The second-order valence-corrected chi connectivity index (χ2v) is 5.20. The van der Waals surface area contributed by atoms with Crippen LogP contribution in [0.25, 0.3) is 0 Å². The lowest BCUT2D eigenvalue weighted by Gasteiger charge is -2.31. The van der Waals surface area contributed by atoms with Gasteiger partial charge in [0.25, 0.3) is 0 Å². The Bertz CT molecular complexity index is 493. The van der Waals surface area contributed by atoms with Gasteiger partial charge in [-0.05, 0) is 31.3 Å². The van der Waals surface area contributed by atoms with Crippen molar-refractivity contribution in [3.8, 4) is 0 Å². The van der Waals surface area contributed by atoms with E-state index in [9.17, 15) is 9.59 Å². The number of hydrogen-bond donors (Lipinski definition) is 1. The minimum atomic E-state index is -0.522. The summed E-state index contributed by atoms with van der Waals surface area (Å²) in [5.74, 6) is 0.101. The molecule has 2 rings (SSSR count). The normalized spacial score (nSPS) is 16.5. The van der Waals surface area contributed by atoms with Crippen LogP contribution in [0, 0.1) is 0 Å². The van der Waals surface area contributed by atoms with Crippen molar-refractivity contribution in [3.05, 3.63) is 29.8 Å². The van der Waals surface area contributed by atoms with Crippen molar-refractivity contribution in [1.82, 2.24) is 9.80 Å². The van der Waals surface area contributed by atoms with Crippen molar-refractivity contribution in [1.29, 1.82) is 0 Å². The quantitative estimate of drug-likeness (QED) is 0.847. The van der Waals surface area contributed by atoms with Crippen LogP contribution in [0.15, 0.2) is 24.3 Å². The van der Waals surface area contributed by atoms with Gasteiger partial charge < -0.3 is 9.64 Å². The molecule has 1 aromatic rings. The first-order valence-corrected chi connectivity index (χ1v) is 6.97. The van der Waals surface area contributed by atoms with Crippen LogP contribution < -0.4 is 5.32 Å². The highest BCUT2D eigenvalue weighted by Crippen LogP contribution is 2.11. The number of rotatable bonds is 4. The van der Waals surface area contributed by atoms with Crippen LogP contribution in [-0.2, 0) is 4.74 Å². The summed E-state index contributed by atoms with van der Waals surface area (Å²) in [6.45, 7) is 4.27. The van der Waals surface area contributed by atoms with Crippen molar-refractivity contribution in [2.75, 3.05) is 52.2 Å². The molecule has 21 heavy (non-hydrogen) atoms. The van der Waals surface area contributed by atoms with Crippen LogP contribution in [-0.4, -0.2) is 68.6 Å². The summed E-state index contributed by atoms with van der Waals surface area (Å²) in [7, 11) is 3.40. The highest BCUT2D eigenvalue weighted by molar-refractivity contribution is 5.98. The van der Waals surface area contributed by atoms with Gasteiger partial charge in [0.05, 0.1) is 13.7 Å². The van der Waals surface area contributed by atoms with Gasteiger partial charge in [-0.25, -0.2) is 4.79 Å². The molecule has 0 aliphatic carbocycles. The number of methoxy groups -OCH3 is 1. The number of ether oxygens (including phenoxy) is 1. The molecule has 6 nitrogen and oxygen atoms in total. The summed E-state index contributed by atoms with van der Waals surface area (Å²) in [4.78, 5) is 27.7. The number of amides is 1. The monoisotopic (exact) mass is 291 g/mol. The maximum atomic E-state index is 12.2. The number of Topliss-reactive ketones (excluding diaryl/α,β-unsaturated/α-hetero) is 1. The zero-order valence-corrected chi connectivity index (χ0v) is 12.5. The van der Waals surface area contributed by atoms with Gasteiger partial charge in [-0.15, -0.1) is 0 Å². The average Bonchev–Trinajstić information content (AvgIpc) is 2.50. The van der Waals surface area contributed by atoms with E-state index >= 15 is 0 Å². The van der Waals surface area contributed by atoms with E-state index in [1.807, 2.05) is 0 Å². The zero-order chi connectivity index (χ0) is 15.2. The molecule has 1 aliphatic rings. The van der Waals surface area contributed by atoms with Gasteiger partial charge in [-0.2, -0.15) is 0 Å². The molecule has 1 fully saturated rings. The molecule has 1 heterocycles. The number of hydrogen-bond acceptors (Lipinski definition) is 5. The van der Waals surface area contributed by atoms with Crippen LogP contribution in [0.5, 0.6) is 0 Å². The molecule has 0 spiro atoms. The number of nitrogens with one attached hydrogen (secondary N) is 1. The highest BCUT2D eigenvalue weighted by atomic mass is 16.5. The Morgan fingerprint density at radius 2 is 1.76 bits per heavy atom. The average molecular weight is 291 g/mol. The third-order valence-corrected chi connectivity index (χ3v) is 3.60. The highest BCUT2D eigenvalue weighted by Gasteiger charge is 2.17. The van der Waals surface area contributed by atoms with E-state index in [1.165, 1.54) is 7.11 Å². The number of piperazine rings is 1. The number of carbonyl (C=O) groups is 2. The Labute approximate surface area is 124 Å². The van der Waals surface area contributed by atoms with Crippen molar-refractivity contribution in [3.63, 3.8) is 0 Å². The van der Waals surface area contributed by atoms with Gasteiger partial charge >= 0.3 is 6.09 Å². The number of likely N-dealkylation sites (N-methyl/N-ethyl adjacent to an activating group) is 1. The lowest BCUT2D eigenvalue weighted by molar-refractivity contribution is 0.0876. The minimum absolute atomic E-state index is 0.101. The summed E-state index contributed by atoms with van der Waals surface area (Å²) < 4.78 is 4.51. The molecule has 114 valence electrons. The minimum Gasteiger partial charge on any atom is -0.453 e. The summed E-state index contributed by atoms with van der Waals surface area (Å²) in [6, 6.07) is 6.86. The first-order chi connectivity index (χ1) is 10.1. The second-order valence-electron chi connectivity index (χ2n) is 5.20. The van der Waals surface area contributed by atoms with Crippen LogP contribution in [0.1, 0.15) is 10.4 Å². The van der Waals surface area contributed by atoms with E-state index in [4.69, 9.17) is 0 Å². The molecule has 1 aromatic carbocycles. The van der Waals surface area contributed by atoms with Gasteiger partial charge in [-0.1, -0.05) is 0 Å². The molecule has 1 aliphatic heterocycles. The van der Waals surface area contributed by atoms with Gasteiger partial charge in [0.1, 0.15) is 0 Å². The molecule has 1 amide bonds. The van der Waals surface area contributed by atoms with E-state index in [1.54, 1.807) is 24.3 Å². The number of carbonyl (C=O) groups excluding carboxylic acids is 2. The third-order valence-electron chi connectivity index (χ3n) is 3.60. The van der Waals surface area contributed by atoms with Gasteiger partial charge in [0.15, 0.2) is 5.78 Å². The molecule has 0 bridgehead atoms. The molecule has 0 saturated carbocycles. The molecule has 1 N–H and O–H groups in total. The van der Waals surface area contributed by atoms with E-state index in [-0.39, 0.29) is 5.78 Å². The summed E-state index contributed by atoms with van der Waals surface area (Å²) in [5, 5.41) is 2.56. The fourth-order valence-electron chi connectivity index (χ4n) is 2.21. The Kier molecular flexibility index (Phi) is 5.30. The lowest BCUT2D eigenvalue weighted by Crippen LogP contribution is -2.46. The van der Waals surface area contributed by atoms with Gasteiger partial charge in [-0.3, -0.25) is 15.0 Å². The molecular formula is C15H21N3O3. The van der Waals surface area contributed by atoms with E-state index < -0.39 is 6.09 Å². The van der Waals surface area contributed by atoms with Crippen molar-refractivity contribution in [2.45, 2.75) is 0 Å². The van der Waals surface area contributed by atoms with Crippen molar-refractivity contribution < 1.29 is 14.3 Å². The molecule has 0 aromatic heterocycles. The molecule has 0 radical (unpaired) electrons. The van der Waals surface area contributed by atoms with Crippen LogP contribution >= 0.6 is 0 Å². The van der Waals surface area contributed by atoms with Crippen molar-refractivity contribution in [2.24, 2.45) is 0 Å². The number of anilines is 1. The van der Waals surface area contributed by atoms with E-state index in [0.29, 0.717) is 17.8 Å². The van der Waals surface area contributed by atoms with E-state index in [0.717, 1.165) is 26.2 Å². The first-order valence-electron chi connectivity index (χ1n) is 6.97. The van der Waals surface area contributed by atoms with Gasteiger partial charge in [0.2, 0.25) is 0 Å². The van der Waals surface area contributed by atoms with E-state index in [2.05, 4.69) is 26.9 Å².